The van der Waals surface area contributed by atoms with Gasteiger partial charge in [0.2, 0.25) is 5.91 Å². The van der Waals surface area contributed by atoms with Gasteiger partial charge in [-0.2, -0.15) is 0 Å². The molecule has 1 amide bonds. The Morgan fingerprint density at radius 1 is 1.16 bits per heavy atom. The van der Waals surface area contributed by atoms with Crippen molar-refractivity contribution in [3.05, 3.63) is 65.4 Å². The van der Waals surface area contributed by atoms with Crippen LogP contribution in [0.15, 0.2) is 54.0 Å². The number of nitrogens with zero attached hydrogens (tertiary/aromatic N) is 2. The SMILES string of the molecule is O=C(Nc1nc(-c2ccccn2)cs1)C1(c2cccc(F)c2)CCC1. The lowest BCUT2D eigenvalue weighted by Crippen LogP contribution is -2.46. The van der Waals surface area contributed by atoms with Crippen LogP contribution in [-0.2, 0) is 10.2 Å². The maximum Gasteiger partial charge on any atom is 0.236 e. The summed E-state index contributed by atoms with van der Waals surface area (Å²) in [6.45, 7) is 0. The molecule has 25 heavy (non-hydrogen) atoms. The number of nitrogens with one attached hydrogen (secondary N) is 1. The zero-order chi connectivity index (χ0) is 17.3. The van der Waals surface area contributed by atoms with Crippen LogP contribution in [0.5, 0.6) is 0 Å². The lowest BCUT2D eigenvalue weighted by atomic mass is 9.64. The van der Waals surface area contributed by atoms with Crippen LogP contribution in [0.3, 0.4) is 0 Å². The summed E-state index contributed by atoms with van der Waals surface area (Å²) >= 11 is 1.36. The van der Waals surface area contributed by atoms with Crippen LogP contribution in [-0.4, -0.2) is 15.9 Å². The summed E-state index contributed by atoms with van der Waals surface area (Å²) in [5, 5.41) is 5.32. The van der Waals surface area contributed by atoms with E-state index in [1.807, 2.05) is 29.6 Å². The zero-order valence-electron chi connectivity index (χ0n) is 13.4. The molecule has 0 saturated heterocycles. The molecule has 1 aliphatic rings. The van der Waals surface area contributed by atoms with Gasteiger partial charge in [-0.15, -0.1) is 11.3 Å². The number of carbonyl (C=O) groups excluding carboxylic acids is 1. The van der Waals surface area contributed by atoms with E-state index in [9.17, 15) is 9.18 Å². The van der Waals surface area contributed by atoms with Crippen molar-refractivity contribution in [2.75, 3.05) is 5.32 Å². The van der Waals surface area contributed by atoms with Crippen LogP contribution in [0.1, 0.15) is 24.8 Å². The van der Waals surface area contributed by atoms with Crippen molar-refractivity contribution in [2.45, 2.75) is 24.7 Å². The fourth-order valence-electron chi connectivity index (χ4n) is 3.14. The molecule has 2 aromatic heterocycles. The highest BCUT2D eigenvalue weighted by Gasteiger charge is 2.46. The topological polar surface area (TPSA) is 54.9 Å². The van der Waals surface area contributed by atoms with Gasteiger partial charge >= 0.3 is 0 Å². The molecule has 3 aromatic rings. The summed E-state index contributed by atoms with van der Waals surface area (Å²) in [5.74, 6) is -0.436. The van der Waals surface area contributed by atoms with Gasteiger partial charge in [-0.25, -0.2) is 9.37 Å². The number of rotatable bonds is 4. The molecule has 0 atom stereocenters. The third kappa shape index (κ3) is 2.93. The van der Waals surface area contributed by atoms with E-state index in [1.54, 1.807) is 12.3 Å². The number of amides is 1. The molecule has 4 nitrogen and oxygen atoms in total. The van der Waals surface area contributed by atoms with Crippen molar-refractivity contribution < 1.29 is 9.18 Å². The molecule has 0 radical (unpaired) electrons. The molecule has 0 aliphatic heterocycles. The first-order chi connectivity index (χ1) is 12.2. The third-order valence-electron chi connectivity index (χ3n) is 4.67. The van der Waals surface area contributed by atoms with Crippen LogP contribution in [0.25, 0.3) is 11.4 Å². The van der Waals surface area contributed by atoms with Gasteiger partial charge in [0.05, 0.1) is 11.1 Å². The minimum Gasteiger partial charge on any atom is -0.301 e. The van der Waals surface area contributed by atoms with Gasteiger partial charge in [0, 0.05) is 11.6 Å². The molecule has 0 unspecified atom stereocenters. The Balaban J connectivity index is 1.56. The lowest BCUT2D eigenvalue weighted by molar-refractivity contribution is -0.124. The number of carbonyl (C=O) groups is 1. The number of pyridine rings is 1. The number of halogens is 1. The molecule has 6 heteroatoms. The van der Waals surface area contributed by atoms with E-state index in [0.717, 1.165) is 36.2 Å². The summed E-state index contributed by atoms with van der Waals surface area (Å²) < 4.78 is 13.6. The first kappa shape index (κ1) is 15.9. The normalized spacial score (nSPS) is 15.4. The molecule has 1 saturated carbocycles. The minimum atomic E-state index is -0.654. The maximum absolute atomic E-state index is 13.6. The fourth-order valence-corrected chi connectivity index (χ4v) is 3.84. The van der Waals surface area contributed by atoms with E-state index in [4.69, 9.17) is 0 Å². The lowest BCUT2D eigenvalue weighted by Gasteiger charge is -2.40. The molecule has 1 fully saturated rings. The van der Waals surface area contributed by atoms with E-state index >= 15 is 0 Å². The molecule has 126 valence electrons. The van der Waals surface area contributed by atoms with Gasteiger partial charge in [0.25, 0.3) is 0 Å². The Hall–Kier alpha value is -2.60. The van der Waals surface area contributed by atoms with Crippen LogP contribution in [0.4, 0.5) is 9.52 Å². The minimum absolute atomic E-state index is 0.119. The first-order valence-electron chi connectivity index (χ1n) is 8.12. The first-order valence-corrected chi connectivity index (χ1v) is 9.00. The summed E-state index contributed by atoms with van der Waals surface area (Å²) in [6, 6.07) is 11.9. The Labute approximate surface area is 148 Å². The fraction of sp³-hybridized carbons (Fsp3) is 0.211. The van der Waals surface area contributed by atoms with Gasteiger partial charge in [-0.05, 0) is 42.7 Å². The monoisotopic (exact) mass is 353 g/mol. The maximum atomic E-state index is 13.6. The average molecular weight is 353 g/mol. The highest BCUT2D eigenvalue weighted by Crippen LogP contribution is 2.45. The number of aromatic nitrogens is 2. The smallest absolute Gasteiger partial charge is 0.236 e. The summed E-state index contributed by atoms with van der Waals surface area (Å²) in [5.41, 5.74) is 1.58. The van der Waals surface area contributed by atoms with E-state index in [-0.39, 0.29) is 11.7 Å². The quantitative estimate of drug-likeness (QED) is 0.756. The van der Waals surface area contributed by atoms with Crippen LogP contribution >= 0.6 is 11.3 Å². The third-order valence-corrected chi connectivity index (χ3v) is 5.43. The molecular weight excluding hydrogens is 337 g/mol. The number of hydrogen-bond donors (Lipinski definition) is 1. The number of anilines is 1. The second kappa shape index (κ2) is 6.37. The van der Waals surface area contributed by atoms with Crippen molar-refractivity contribution in [3.63, 3.8) is 0 Å². The standard InChI is InChI=1S/C19H16FN3OS/c20-14-6-3-5-13(11-14)19(8-4-9-19)17(24)23-18-22-16(12-25-18)15-7-1-2-10-21-15/h1-3,5-7,10-12H,4,8-9H2,(H,22,23,24). The van der Waals surface area contributed by atoms with Crippen LogP contribution in [0.2, 0.25) is 0 Å². The van der Waals surface area contributed by atoms with Gasteiger partial charge in [0.15, 0.2) is 5.13 Å². The van der Waals surface area contributed by atoms with Crippen LogP contribution < -0.4 is 5.32 Å². The van der Waals surface area contributed by atoms with Gasteiger partial charge in [-0.3, -0.25) is 9.78 Å². The number of benzene rings is 1. The summed E-state index contributed by atoms with van der Waals surface area (Å²) in [6.07, 6.45) is 4.11. The van der Waals surface area contributed by atoms with E-state index in [2.05, 4.69) is 15.3 Å². The van der Waals surface area contributed by atoms with E-state index < -0.39 is 5.41 Å². The van der Waals surface area contributed by atoms with Crippen LogP contribution in [0, 0.1) is 5.82 Å². The molecule has 2 heterocycles. The second-order valence-electron chi connectivity index (χ2n) is 6.15. The Kier molecular flexibility index (Phi) is 4.05. The number of thiazole rings is 1. The van der Waals surface area contributed by atoms with Crippen molar-refractivity contribution >= 4 is 22.4 Å². The van der Waals surface area contributed by atoms with Crippen molar-refractivity contribution in [1.29, 1.82) is 0 Å². The second-order valence-corrected chi connectivity index (χ2v) is 7.01. The van der Waals surface area contributed by atoms with Gasteiger partial charge < -0.3 is 5.32 Å². The van der Waals surface area contributed by atoms with Crippen molar-refractivity contribution in [1.82, 2.24) is 9.97 Å². The Morgan fingerprint density at radius 2 is 2.04 bits per heavy atom. The number of hydrogen-bond acceptors (Lipinski definition) is 4. The van der Waals surface area contributed by atoms with E-state index in [0.29, 0.717) is 5.13 Å². The molecule has 1 N–H and O–H groups in total. The molecule has 4 rings (SSSR count). The highest BCUT2D eigenvalue weighted by atomic mass is 32.1. The Morgan fingerprint density at radius 3 is 2.72 bits per heavy atom. The molecule has 0 bridgehead atoms. The summed E-state index contributed by atoms with van der Waals surface area (Å²) in [4.78, 5) is 21.6. The Bertz CT molecular complexity index is 906. The molecular formula is C19H16FN3OS. The van der Waals surface area contributed by atoms with Crippen molar-refractivity contribution in [3.8, 4) is 11.4 Å². The molecule has 1 aliphatic carbocycles. The average Bonchev–Trinajstić information content (AvgIpc) is 3.03. The van der Waals surface area contributed by atoms with Gasteiger partial charge in [0.1, 0.15) is 11.5 Å². The van der Waals surface area contributed by atoms with Crippen molar-refractivity contribution in [2.24, 2.45) is 0 Å². The zero-order valence-corrected chi connectivity index (χ0v) is 14.2. The van der Waals surface area contributed by atoms with E-state index in [1.165, 1.54) is 23.5 Å². The predicted molar refractivity (Wildman–Crippen MR) is 95.9 cm³/mol. The van der Waals surface area contributed by atoms with Gasteiger partial charge in [-0.1, -0.05) is 24.6 Å². The largest absolute Gasteiger partial charge is 0.301 e. The molecule has 0 spiro atoms. The molecule has 1 aromatic carbocycles. The highest BCUT2D eigenvalue weighted by molar-refractivity contribution is 7.14. The predicted octanol–water partition coefficient (Wildman–Crippen LogP) is 4.40. The summed E-state index contributed by atoms with van der Waals surface area (Å²) in [7, 11) is 0.